The van der Waals surface area contributed by atoms with Crippen LogP contribution in [0.1, 0.15) is 31.2 Å². The van der Waals surface area contributed by atoms with Gasteiger partial charge in [-0.1, -0.05) is 12.5 Å². The van der Waals surface area contributed by atoms with Crippen LogP contribution in [0.2, 0.25) is 0 Å². The first kappa shape index (κ1) is 12.9. The van der Waals surface area contributed by atoms with Gasteiger partial charge >= 0.3 is 0 Å². The summed E-state index contributed by atoms with van der Waals surface area (Å²) >= 11 is 0. The Labute approximate surface area is 114 Å². The molecule has 2 nitrogen and oxygen atoms in total. The van der Waals surface area contributed by atoms with Crippen LogP contribution in [-0.4, -0.2) is 18.7 Å². The van der Waals surface area contributed by atoms with Crippen molar-refractivity contribution < 1.29 is 9.50 Å². The summed E-state index contributed by atoms with van der Waals surface area (Å²) in [6, 6.07) is 5.05. The van der Waals surface area contributed by atoms with Gasteiger partial charge in [0.1, 0.15) is 5.82 Å². The molecule has 0 spiro atoms. The molecule has 1 aromatic carbocycles. The minimum atomic E-state index is -0.306. The summed E-state index contributed by atoms with van der Waals surface area (Å²) in [6.45, 7) is 0.751. The molecule has 3 atom stereocenters. The molecule has 2 aliphatic rings. The molecule has 0 aromatic heterocycles. The van der Waals surface area contributed by atoms with Crippen molar-refractivity contribution in [2.24, 2.45) is 17.8 Å². The van der Waals surface area contributed by atoms with Gasteiger partial charge in [-0.3, -0.25) is 0 Å². The van der Waals surface area contributed by atoms with Gasteiger partial charge in [0, 0.05) is 24.8 Å². The third-order valence-corrected chi connectivity index (χ3v) is 5.06. The van der Waals surface area contributed by atoms with Gasteiger partial charge in [-0.25, -0.2) is 4.39 Å². The average Bonchev–Trinajstić information content (AvgIpc) is 3.00. The van der Waals surface area contributed by atoms with E-state index in [1.807, 2.05) is 13.1 Å². The molecular weight excluding hydrogens is 241 g/mol. The van der Waals surface area contributed by atoms with Crippen molar-refractivity contribution in [3.05, 3.63) is 29.6 Å². The maximum absolute atomic E-state index is 13.7. The highest BCUT2D eigenvalue weighted by Gasteiger charge is 2.39. The van der Waals surface area contributed by atoms with Gasteiger partial charge in [0.15, 0.2) is 0 Å². The Kier molecular flexibility index (Phi) is 3.48. The first-order valence-electron chi connectivity index (χ1n) is 7.28. The maximum Gasteiger partial charge on any atom is 0.130 e. The SMILES string of the molecule is CN(CC1CC2CCC1C2)c1cccc(F)c1CO. The maximum atomic E-state index is 13.7. The summed E-state index contributed by atoms with van der Waals surface area (Å²) in [5.41, 5.74) is 1.26. The summed E-state index contributed by atoms with van der Waals surface area (Å²) in [6.07, 6.45) is 5.51. The van der Waals surface area contributed by atoms with Gasteiger partial charge in [0.25, 0.3) is 0 Å². The van der Waals surface area contributed by atoms with E-state index >= 15 is 0 Å². The van der Waals surface area contributed by atoms with Crippen LogP contribution in [0.4, 0.5) is 10.1 Å². The molecule has 104 valence electrons. The van der Waals surface area contributed by atoms with Gasteiger partial charge in [0.05, 0.1) is 6.61 Å². The fourth-order valence-corrected chi connectivity index (χ4v) is 4.11. The first-order chi connectivity index (χ1) is 9.19. The van der Waals surface area contributed by atoms with Crippen LogP contribution in [0.3, 0.4) is 0 Å². The van der Waals surface area contributed by atoms with E-state index in [2.05, 4.69) is 4.90 Å². The van der Waals surface area contributed by atoms with E-state index < -0.39 is 0 Å². The number of rotatable bonds is 4. The van der Waals surface area contributed by atoms with Crippen molar-refractivity contribution in [2.75, 3.05) is 18.5 Å². The van der Waals surface area contributed by atoms with E-state index in [0.717, 1.165) is 30.0 Å². The lowest BCUT2D eigenvalue weighted by atomic mass is 9.88. The zero-order valence-corrected chi connectivity index (χ0v) is 11.5. The summed E-state index contributed by atoms with van der Waals surface area (Å²) in [5, 5.41) is 9.35. The van der Waals surface area contributed by atoms with Crippen molar-refractivity contribution in [1.29, 1.82) is 0 Å². The van der Waals surface area contributed by atoms with Crippen molar-refractivity contribution in [3.8, 4) is 0 Å². The van der Waals surface area contributed by atoms with Crippen LogP contribution in [0.15, 0.2) is 18.2 Å². The van der Waals surface area contributed by atoms with Crippen LogP contribution in [0, 0.1) is 23.6 Å². The van der Waals surface area contributed by atoms with Crippen molar-refractivity contribution in [2.45, 2.75) is 32.3 Å². The van der Waals surface area contributed by atoms with E-state index in [-0.39, 0.29) is 12.4 Å². The van der Waals surface area contributed by atoms with Crippen molar-refractivity contribution in [1.82, 2.24) is 0 Å². The molecule has 1 N–H and O–H groups in total. The fraction of sp³-hybridized carbons (Fsp3) is 0.625. The lowest BCUT2D eigenvalue weighted by molar-refractivity contribution is 0.275. The normalized spacial score (nSPS) is 28.9. The Morgan fingerprint density at radius 3 is 2.79 bits per heavy atom. The van der Waals surface area contributed by atoms with E-state index in [0.29, 0.717) is 5.56 Å². The smallest absolute Gasteiger partial charge is 0.130 e. The van der Waals surface area contributed by atoms with E-state index in [1.165, 1.54) is 31.7 Å². The zero-order valence-electron chi connectivity index (χ0n) is 11.5. The Morgan fingerprint density at radius 2 is 2.16 bits per heavy atom. The second-order valence-corrected chi connectivity index (χ2v) is 6.21. The minimum Gasteiger partial charge on any atom is -0.391 e. The summed E-state index contributed by atoms with van der Waals surface area (Å²) in [5.74, 6) is 2.25. The Morgan fingerprint density at radius 1 is 1.32 bits per heavy atom. The summed E-state index contributed by atoms with van der Waals surface area (Å²) in [7, 11) is 2.01. The minimum absolute atomic E-state index is 0.233. The fourth-order valence-electron chi connectivity index (χ4n) is 4.11. The number of aliphatic hydroxyl groups excluding tert-OH is 1. The lowest BCUT2D eigenvalue weighted by Crippen LogP contribution is -2.29. The van der Waals surface area contributed by atoms with E-state index in [1.54, 1.807) is 6.07 Å². The largest absolute Gasteiger partial charge is 0.391 e. The average molecular weight is 263 g/mol. The number of hydrogen-bond donors (Lipinski definition) is 1. The van der Waals surface area contributed by atoms with Crippen LogP contribution in [-0.2, 0) is 6.61 Å². The number of nitrogens with zero attached hydrogens (tertiary/aromatic N) is 1. The van der Waals surface area contributed by atoms with E-state index in [4.69, 9.17) is 0 Å². The number of fused-ring (bicyclic) bond motifs is 2. The molecule has 2 aliphatic carbocycles. The Balaban J connectivity index is 1.73. The quantitative estimate of drug-likeness (QED) is 0.901. The standard InChI is InChI=1S/C16H22FNO/c1-18(9-13-8-11-5-6-12(13)7-11)16-4-2-3-15(17)14(16)10-19/h2-4,11-13,19H,5-10H2,1H3. The highest BCUT2D eigenvalue weighted by molar-refractivity contribution is 5.53. The number of aliphatic hydroxyl groups is 1. The molecule has 19 heavy (non-hydrogen) atoms. The zero-order chi connectivity index (χ0) is 13.4. The molecular formula is C16H22FNO. The molecule has 3 rings (SSSR count). The molecule has 2 fully saturated rings. The Hall–Kier alpha value is -1.09. The topological polar surface area (TPSA) is 23.5 Å². The number of halogens is 1. The summed E-state index contributed by atoms with van der Waals surface area (Å²) < 4.78 is 13.7. The van der Waals surface area contributed by atoms with Crippen molar-refractivity contribution in [3.63, 3.8) is 0 Å². The second kappa shape index (κ2) is 5.12. The molecule has 3 heteroatoms. The first-order valence-corrected chi connectivity index (χ1v) is 7.28. The van der Waals surface area contributed by atoms with Crippen molar-refractivity contribution >= 4 is 5.69 Å². The molecule has 0 amide bonds. The monoisotopic (exact) mass is 263 g/mol. The molecule has 0 radical (unpaired) electrons. The predicted octanol–water partition coefficient (Wildman–Crippen LogP) is 3.19. The Bertz CT molecular complexity index is 462. The molecule has 0 saturated heterocycles. The molecule has 0 aliphatic heterocycles. The predicted molar refractivity (Wildman–Crippen MR) is 74.5 cm³/mol. The van der Waals surface area contributed by atoms with Crippen LogP contribution in [0.5, 0.6) is 0 Å². The third kappa shape index (κ3) is 2.36. The second-order valence-electron chi connectivity index (χ2n) is 6.21. The van der Waals surface area contributed by atoms with Gasteiger partial charge in [-0.15, -0.1) is 0 Å². The number of anilines is 1. The van der Waals surface area contributed by atoms with E-state index in [9.17, 15) is 9.50 Å². The molecule has 2 saturated carbocycles. The molecule has 1 aromatic rings. The van der Waals surface area contributed by atoms with Gasteiger partial charge in [0.2, 0.25) is 0 Å². The van der Waals surface area contributed by atoms with Gasteiger partial charge in [-0.05, 0) is 49.1 Å². The van der Waals surface area contributed by atoms with Crippen LogP contribution < -0.4 is 4.90 Å². The van der Waals surface area contributed by atoms with Gasteiger partial charge < -0.3 is 10.0 Å². The highest BCUT2D eigenvalue weighted by Crippen LogP contribution is 2.48. The lowest BCUT2D eigenvalue weighted by Gasteiger charge is -2.29. The van der Waals surface area contributed by atoms with Crippen LogP contribution >= 0.6 is 0 Å². The van der Waals surface area contributed by atoms with Gasteiger partial charge in [-0.2, -0.15) is 0 Å². The number of hydrogen-bond acceptors (Lipinski definition) is 2. The molecule has 3 unspecified atom stereocenters. The van der Waals surface area contributed by atoms with Crippen LogP contribution in [0.25, 0.3) is 0 Å². The molecule has 0 heterocycles. The highest BCUT2D eigenvalue weighted by atomic mass is 19.1. The number of benzene rings is 1. The summed E-state index contributed by atoms with van der Waals surface area (Å²) in [4.78, 5) is 2.12. The molecule has 2 bridgehead atoms. The third-order valence-electron chi connectivity index (χ3n) is 5.06.